The van der Waals surface area contributed by atoms with Crippen LogP contribution in [-0.4, -0.2) is 21.3 Å². The van der Waals surface area contributed by atoms with Gasteiger partial charge in [-0.15, -0.1) is 10.2 Å². The number of aromatic nitrogens is 2. The number of nitrogens with zero attached hydrogens (tertiary/aromatic N) is 2. The van der Waals surface area contributed by atoms with Gasteiger partial charge in [-0.2, -0.15) is 0 Å². The minimum atomic E-state index is -0.921. The summed E-state index contributed by atoms with van der Waals surface area (Å²) in [5, 5.41) is 16.7. The van der Waals surface area contributed by atoms with Gasteiger partial charge in [0.25, 0.3) is 0 Å². The van der Waals surface area contributed by atoms with Crippen LogP contribution in [0.3, 0.4) is 0 Å². The van der Waals surface area contributed by atoms with Crippen LogP contribution in [0.25, 0.3) is 0 Å². The van der Waals surface area contributed by atoms with E-state index >= 15 is 0 Å². The number of hydrogen-bond acceptors (Lipinski definition) is 5. The summed E-state index contributed by atoms with van der Waals surface area (Å²) < 4.78 is 0.747. The van der Waals surface area contributed by atoms with Crippen LogP contribution in [0, 0.1) is 6.92 Å². The minimum absolute atomic E-state index is 0.306. The standard InChI is InChI=1S/C10H8N2O2S2/c1-6-3-2-4-7(9(13)14)8(6)16-10-12-11-5-15-10/h2-5H,1H3,(H,13,14). The van der Waals surface area contributed by atoms with Crippen molar-refractivity contribution < 1.29 is 9.90 Å². The van der Waals surface area contributed by atoms with Gasteiger partial charge in [0.1, 0.15) is 5.51 Å². The van der Waals surface area contributed by atoms with Gasteiger partial charge in [-0.25, -0.2) is 4.79 Å². The summed E-state index contributed by atoms with van der Waals surface area (Å²) >= 11 is 2.73. The first-order valence-corrected chi connectivity index (χ1v) is 6.15. The number of carbonyl (C=O) groups is 1. The normalized spacial score (nSPS) is 10.3. The molecule has 0 amide bonds. The van der Waals surface area contributed by atoms with Gasteiger partial charge in [-0.3, -0.25) is 0 Å². The predicted octanol–water partition coefficient (Wildman–Crippen LogP) is 2.70. The number of hydrogen-bond donors (Lipinski definition) is 1. The van der Waals surface area contributed by atoms with E-state index in [0.29, 0.717) is 5.56 Å². The van der Waals surface area contributed by atoms with Crippen molar-refractivity contribution in [3.63, 3.8) is 0 Å². The fraction of sp³-hybridized carbons (Fsp3) is 0.100. The third kappa shape index (κ3) is 2.23. The van der Waals surface area contributed by atoms with Crippen LogP contribution >= 0.6 is 23.1 Å². The molecule has 0 aliphatic carbocycles. The molecule has 0 radical (unpaired) electrons. The maximum atomic E-state index is 11.1. The quantitative estimate of drug-likeness (QED) is 0.910. The Morgan fingerprint density at radius 3 is 2.94 bits per heavy atom. The van der Waals surface area contributed by atoms with Gasteiger partial charge in [0.2, 0.25) is 0 Å². The Kier molecular flexibility index (Phi) is 3.21. The van der Waals surface area contributed by atoms with Crippen molar-refractivity contribution in [2.45, 2.75) is 16.2 Å². The van der Waals surface area contributed by atoms with Crippen LogP contribution in [0.5, 0.6) is 0 Å². The molecule has 0 saturated heterocycles. The number of carboxylic acid groups (broad SMARTS) is 1. The lowest BCUT2D eigenvalue weighted by Gasteiger charge is -2.06. The molecule has 0 fully saturated rings. The molecule has 16 heavy (non-hydrogen) atoms. The van der Waals surface area contributed by atoms with Crippen LogP contribution in [0.1, 0.15) is 15.9 Å². The Bertz CT molecular complexity index is 512. The largest absolute Gasteiger partial charge is 0.478 e. The third-order valence-corrected chi connectivity index (χ3v) is 4.00. The summed E-state index contributed by atoms with van der Waals surface area (Å²) in [7, 11) is 0. The van der Waals surface area contributed by atoms with Crippen LogP contribution in [0.2, 0.25) is 0 Å². The van der Waals surface area contributed by atoms with E-state index < -0.39 is 5.97 Å². The molecule has 2 rings (SSSR count). The summed E-state index contributed by atoms with van der Waals surface area (Å²) in [6.07, 6.45) is 0. The summed E-state index contributed by atoms with van der Waals surface area (Å²) in [4.78, 5) is 11.8. The minimum Gasteiger partial charge on any atom is -0.478 e. The fourth-order valence-electron chi connectivity index (χ4n) is 1.25. The van der Waals surface area contributed by atoms with Gasteiger partial charge < -0.3 is 5.11 Å². The topological polar surface area (TPSA) is 63.1 Å². The highest BCUT2D eigenvalue weighted by molar-refractivity contribution is 8.01. The lowest BCUT2D eigenvalue weighted by atomic mass is 10.1. The average molecular weight is 252 g/mol. The first-order chi connectivity index (χ1) is 7.68. The number of benzene rings is 1. The average Bonchev–Trinajstić information content (AvgIpc) is 2.73. The highest BCUT2D eigenvalue weighted by Gasteiger charge is 2.14. The Labute approximate surface area is 100 Å². The number of rotatable bonds is 3. The zero-order valence-corrected chi connectivity index (χ0v) is 10.0. The van der Waals surface area contributed by atoms with Gasteiger partial charge in [0, 0.05) is 4.90 Å². The van der Waals surface area contributed by atoms with Crippen molar-refractivity contribution in [3.8, 4) is 0 Å². The number of aryl methyl sites for hydroxylation is 1. The predicted molar refractivity (Wildman–Crippen MR) is 62.2 cm³/mol. The molecule has 1 aromatic heterocycles. The zero-order valence-electron chi connectivity index (χ0n) is 8.38. The van der Waals surface area contributed by atoms with E-state index in [9.17, 15) is 4.79 Å². The molecular weight excluding hydrogens is 244 g/mol. The molecule has 1 heterocycles. The summed E-state index contributed by atoms with van der Waals surface area (Å²) in [6, 6.07) is 5.22. The SMILES string of the molecule is Cc1cccc(C(=O)O)c1Sc1nncs1. The number of aromatic carboxylic acids is 1. The molecule has 0 aliphatic rings. The van der Waals surface area contributed by atoms with Crippen molar-refractivity contribution in [3.05, 3.63) is 34.8 Å². The fourth-order valence-corrected chi connectivity index (χ4v) is 2.86. The van der Waals surface area contributed by atoms with E-state index in [2.05, 4.69) is 10.2 Å². The van der Waals surface area contributed by atoms with E-state index in [-0.39, 0.29) is 0 Å². The molecule has 1 aromatic carbocycles. The van der Waals surface area contributed by atoms with E-state index in [1.807, 2.05) is 13.0 Å². The first kappa shape index (κ1) is 11.1. The van der Waals surface area contributed by atoms with Crippen LogP contribution in [0.15, 0.2) is 32.9 Å². The van der Waals surface area contributed by atoms with Crippen molar-refractivity contribution >= 4 is 29.1 Å². The molecule has 0 unspecified atom stereocenters. The molecule has 2 aromatic rings. The van der Waals surface area contributed by atoms with Crippen molar-refractivity contribution in [2.75, 3.05) is 0 Å². The lowest BCUT2D eigenvalue weighted by molar-refractivity contribution is 0.0693. The zero-order chi connectivity index (χ0) is 11.5. The smallest absolute Gasteiger partial charge is 0.336 e. The molecule has 82 valence electrons. The Morgan fingerprint density at radius 2 is 2.31 bits per heavy atom. The van der Waals surface area contributed by atoms with E-state index in [1.54, 1.807) is 17.6 Å². The van der Waals surface area contributed by atoms with E-state index in [0.717, 1.165) is 14.8 Å². The van der Waals surface area contributed by atoms with Gasteiger partial charge in [0.15, 0.2) is 4.34 Å². The Balaban J connectivity index is 2.42. The molecule has 0 atom stereocenters. The monoisotopic (exact) mass is 252 g/mol. The lowest BCUT2D eigenvalue weighted by Crippen LogP contribution is -1.99. The molecule has 0 bridgehead atoms. The van der Waals surface area contributed by atoms with Crippen molar-refractivity contribution in [1.82, 2.24) is 10.2 Å². The summed E-state index contributed by atoms with van der Waals surface area (Å²) in [6.45, 7) is 1.88. The van der Waals surface area contributed by atoms with Gasteiger partial charge in [0.05, 0.1) is 5.56 Å². The summed E-state index contributed by atoms with van der Waals surface area (Å²) in [5.74, 6) is -0.921. The van der Waals surface area contributed by atoms with Gasteiger partial charge in [-0.1, -0.05) is 35.2 Å². The van der Waals surface area contributed by atoms with Gasteiger partial charge >= 0.3 is 5.97 Å². The second-order valence-corrected chi connectivity index (χ2v) is 5.15. The maximum absolute atomic E-state index is 11.1. The van der Waals surface area contributed by atoms with Crippen LogP contribution < -0.4 is 0 Å². The van der Waals surface area contributed by atoms with Crippen LogP contribution in [0.4, 0.5) is 0 Å². The van der Waals surface area contributed by atoms with Crippen LogP contribution in [-0.2, 0) is 0 Å². The Hall–Kier alpha value is -1.40. The highest BCUT2D eigenvalue weighted by atomic mass is 32.2. The Morgan fingerprint density at radius 1 is 1.50 bits per heavy atom. The maximum Gasteiger partial charge on any atom is 0.336 e. The first-order valence-electron chi connectivity index (χ1n) is 4.45. The molecule has 4 nitrogen and oxygen atoms in total. The second-order valence-electron chi connectivity index (χ2n) is 3.06. The van der Waals surface area contributed by atoms with Gasteiger partial charge in [-0.05, 0) is 18.6 Å². The molecule has 0 saturated carbocycles. The molecular formula is C10H8N2O2S2. The van der Waals surface area contributed by atoms with Crippen molar-refractivity contribution in [2.24, 2.45) is 0 Å². The van der Waals surface area contributed by atoms with Crippen molar-refractivity contribution in [1.29, 1.82) is 0 Å². The molecule has 1 N–H and O–H groups in total. The molecule has 0 aliphatic heterocycles. The second kappa shape index (κ2) is 4.63. The molecule has 6 heteroatoms. The summed E-state index contributed by atoms with van der Waals surface area (Å²) in [5.41, 5.74) is 2.86. The number of carboxylic acids is 1. The highest BCUT2D eigenvalue weighted by Crippen LogP contribution is 2.33. The third-order valence-electron chi connectivity index (χ3n) is 1.97. The van der Waals surface area contributed by atoms with E-state index in [1.165, 1.54) is 23.1 Å². The molecule has 0 spiro atoms. The van der Waals surface area contributed by atoms with E-state index in [4.69, 9.17) is 5.11 Å².